The number of thiocarbonyl (C=S) groups is 1. The van der Waals surface area contributed by atoms with Crippen molar-refractivity contribution in [1.82, 2.24) is 0 Å². The summed E-state index contributed by atoms with van der Waals surface area (Å²) in [5, 5.41) is 14.2. The molecular weight excluding hydrogens is 426 g/mol. The van der Waals surface area contributed by atoms with Crippen LogP contribution in [0.3, 0.4) is 0 Å². The second kappa shape index (κ2) is 9.26. The van der Waals surface area contributed by atoms with E-state index in [0.717, 1.165) is 11.4 Å². The molecule has 0 amide bonds. The number of hydrogen-bond acceptors (Lipinski definition) is 5. The van der Waals surface area contributed by atoms with Gasteiger partial charge in [-0.1, -0.05) is 29.9 Å². The minimum atomic E-state index is 0.0462. The summed E-state index contributed by atoms with van der Waals surface area (Å²) in [6, 6.07) is 14.8. The average Bonchev–Trinajstić information content (AvgIpc) is 3.15. The number of nitrogens with one attached hydrogen (secondary N) is 1. The zero-order chi connectivity index (χ0) is 21.0. The Balaban J connectivity index is 2.03. The van der Waals surface area contributed by atoms with Crippen molar-refractivity contribution in [3.63, 3.8) is 0 Å². The molecule has 1 aromatic carbocycles. The van der Waals surface area contributed by atoms with Gasteiger partial charge >= 0.3 is 0 Å². The molecule has 2 heterocycles. The molecule has 0 aliphatic heterocycles. The van der Waals surface area contributed by atoms with E-state index in [-0.39, 0.29) is 5.76 Å². The monoisotopic (exact) mass is 446 g/mol. The van der Waals surface area contributed by atoms with E-state index in [9.17, 15) is 5.11 Å². The van der Waals surface area contributed by atoms with Crippen molar-refractivity contribution in [3.05, 3.63) is 70.1 Å². The number of rotatable bonds is 6. The SMILES string of the molecule is COc1cccc(NC(=S)/C(=C(/O)c2ccc(Cl)s2)[n+]2ccc(N(C)C)cc2)c1. The number of hydrogen-bond donors (Lipinski definition) is 2. The number of halogens is 1. The average molecular weight is 447 g/mol. The molecule has 3 aromatic rings. The maximum Gasteiger partial charge on any atom is 0.289 e. The van der Waals surface area contributed by atoms with E-state index in [1.807, 2.05) is 67.8 Å². The molecule has 0 saturated heterocycles. The molecule has 0 spiro atoms. The van der Waals surface area contributed by atoms with Crippen LogP contribution < -0.4 is 19.5 Å². The van der Waals surface area contributed by atoms with Crippen LogP contribution in [0.4, 0.5) is 11.4 Å². The van der Waals surface area contributed by atoms with Gasteiger partial charge in [-0.15, -0.1) is 11.3 Å². The van der Waals surface area contributed by atoms with Crippen LogP contribution in [-0.2, 0) is 0 Å². The molecule has 2 aromatic heterocycles. The number of pyridine rings is 1. The van der Waals surface area contributed by atoms with Gasteiger partial charge in [-0.3, -0.25) is 0 Å². The molecule has 0 atom stereocenters. The van der Waals surface area contributed by atoms with Crippen LogP contribution in [0.25, 0.3) is 11.5 Å². The molecule has 0 unspecified atom stereocenters. The van der Waals surface area contributed by atoms with Crippen LogP contribution in [0.5, 0.6) is 5.75 Å². The van der Waals surface area contributed by atoms with Gasteiger partial charge in [-0.2, -0.15) is 4.57 Å². The number of aliphatic hydroxyl groups excluding tert-OH is 1. The van der Waals surface area contributed by atoms with Crippen LogP contribution in [0, 0.1) is 0 Å². The Morgan fingerprint density at radius 1 is 1.17 bits per heavy atom. The number of methoxy groups -OCH3 is 1. The van der Waals surface area contributed by atoms with E-state index in [4.69, 9.17) is 28.6 Å². The molecule has 0 saturated carbocycles. The maximum absolute atomic E-state index is 11.0. The predicted molar refractivity (Wildman–Crippen MR) is 125 cm³/mol. The van der Waals surface area contributed by atoms with E-state index in [2.05, 4.69) is 5.32 Å². The van der Waals surface area contributed by atoms with Crippen LogP contribution in [0.1, 0.15) is 4.88 Å². The second-order valence-electron chi connectivity index (χ2n) is 6.35. The molecule has 3 rings (SSSR count). The molecule has 29 heavy (non-hydrogen) atoms. The molecule has 0 radical (unpaired) electrons. The first kappa shape index (κ1) is 21.1. The number of aromatic nitrogens is 1. The lowest BCUT2D eigenvalue weighted by molar-refractivity contribution is -0.575. The highest BCUT2D eigenvalue weighted by Gasteiger charge is 2.25. The van der Waals surface area contributed by atoms with Gasteiger partial charge in [0.1, 0.15) is 5.75 Å². The molecule has 5 nitrogen and oxygen atoms in total. The first-order valence-electron chi connectivity index (χ1n) is 8.72. The minimum Gasteiger partial charge on any atom is -0.501 e. The number of ether oxygens (including phenoxy) is 1. The third-order valence-electron chi connectivity index (χ3n) is 4.16. The Hall–Kier alpha value is -2.61. The molecule has 0 bridgehead atoms. The van der Waals surface area contributed by atoms with E-state index in [1.165, 1.54) is 11.3 Å². The fraction of sp³-hybridized carbons (Fsp3) is 0.143. The summed E-state index contributed by atoms with van der Waals surface area (Å²) in [7, 11) is 5.55. The molecule has 0 fully saturated rings. The van der Waals surface area contributed by atoms with Crippen LogP contribution >= 0.6 is 35.2 Å². The number of thiophene rings is 1. The summed E-state index contributed by atoms with van der Waals surface area (Å²) in [6.07, 6.45) is 3.71. The van der Waals surface area contributed by atoms with Crippen molar-refractivity contribution in [2.45, 2.75) is 0 Å². The predicted octanol–water partition coefficient (Wildman–Crippen LogP) is 5.09. The Kier molecular flexibility index (Phi) is 6.74. The van der Waals surface area contributed by atoms with Gasteiger partial charge in [0.25, 0.3) is 5.70 Å². The van der Waals surface area contributed by atoms with Crippen molar-refractivity contribution in [1.29, 1.82) is 0 Å². The summed E-state index contributed by atoms with van der Waals surface area (Å²) in [4.78, 5) is 2.99. The van der Waals surface area contributed by atoms with Crippen molar-refractivity contribution in [2.75, 3.05) is 31.4 Å². The molecule has 2 N–H and O–H groups in total. The third-order valence-corrected chi connectivity index (χ3v) is 5.69. The van der Waals surface area contributed by atoms with Crippen molar-refractivity contribution < 1.29 is 14.4 Å². The van der Waals surface area contributed by atoms with Gasteiger partial charge < -0.3 is 20.1 Å². The molecule has 0 aliphatic rings. The number of benzene rings is 1. The number of aliphatic hydroxyl groups is 1. The van der Waals surface area contributed by atoms with Gasteiger partial charge in [-0.25, -0.2) is 0 Å². The second-order valence-corrected chi connectivity index (χ2v) is 8.47. The van der Waals surface area contributed by atoms with E-state index < -0.39 is 0 Å². The van der Waals surface area contributed by atoms with E-state index in [0.29, 0.717) is 25.6 Å². The largest absolute Gasteiger partial charge is 0.501 e. The quantitative estimate of drug-likeness (QED) is 0.239. The summed E-state index contributed by atoms with van der Waals surface area (Å²) in [6.45, 7) is 0. The first-order valence-corrected chi connectivity index (χ1v) is 10.3. The maximum atomic E-state index is 11.0. The summed E-state index contributed by atoms with van der Waals surface area (Å²) < 4.78 is 7.64. The first-order chi connectivity index (χ1) is 13.9. The summed E-state index contributed by atoms with van der Waals surface area (Å²) in [5.74, 6) is 0.755. The zero-order valence-electron chi connectivity index (χ0n) is 16.2. The molecule has 0 aliphatic carbocycles. The summed E-state index contributed by atoms with van der Waals surface area (Å²) in [5.41, 5.74) is 2.24. The fourth-order valence-electron chi connectivity index (χ4n) is 2.66. The van der Waals surface area contributed by atoms with Gasteiger partial charge in [0, 0.05) is 43.7 Å². The van der Waals surface area contributed by atoms with Crippen molar-refractivity contribution >= 4 is 63.0 Å². The Labute approximate surface area is 184 Å². The fourth-order valence-corrected chi connectivity index (χ4v) is 3.97. The molecule has 150 valence electrons. The van der Waals surface area contributed by atoms with E-state index >= 15 is 0 Å². The highest BCUT2D eigenvalue weighted by Crippen LogP contribution is 2.29. The van der Waals surface area contributed by atoms with Gasteiger partial charge in [-0.05, 0) is 24.3 Å². The van der Waals surface area contributed by atoms with Gasteiger partial charge in [0.05, 0.1) is 16.3 Å². The van der Waals surface area contributed by atoms with Gasteiger partial charge in [0.15, 0.2) is 17.4 Å². The standard InChI is InChI=1S/C21H20ClN3O2S2/c1-24(2)15-9-11-25(12-10-15)19(20(26)17-7-8-18(22)29-17)21(28)23-14-5-4-6-16(13-14)27-3/h4-13H,1-3H3,(H-,23,26,28)/p+1. The smallest absolute Gasteiger partial charge is 0.289 e. The lowest BCUT2D eigenvalue weighted by atomic mass is 10.2. The van der Waals surface area contributed by atoms with Crippen LogP contribution in [-0.4, -0.2) is 31.3 Å². The van der Waals surface area contributed by atoms with E-state index in [1.54, 1.807) is 23.8 Å². The highest BCUT2D eigenvalue weighted by atomic mass is 35.5. The third kappa shape index (κ3) is 5.06. The number of nitrogens with zero attached hydrogens (tertiary/aromatic N) is 2. The van der Waals surface area contributed by atoms with Gasteiger partial charge in [0.2, 0.25) is 5.76 Å². The Morgan fingerprint density at radius 2 is 1.90 bits per heavy atom. The highest BCUT2D eigenvalue weighted by molar-refractivity contribution is 7.81. The lowest BCUT2D eigenvalue weighted by Crippen LogP contribution is -2.38. The summed E-state index contributed by atoms with van der Waals surface area (Å²) >= 11 is 13.0. The topological polar surface area (TPSA) is 48.6 Å². The van der Waals surface area contributed by atoms with Crippen molar-refractivity contribution in [2.24, 2.45) is 0 Å². The lowest BCUT2D eigenvalue weighted by Gasteiger charge is -2.13. The zero-order valence-corrected chi connectivity index (χ0v) is 18.6. The Bertz CT molecular complexity index is 1050. The molecule has 8 heteroatoms. The molecular formula is C21H21ClN3O2S2+. The Morgan fingerprint density at radius 3 is 2.48 bits per heavy atom. The van der Waals surface area contributed by atoms with Crippen LogP contribution in [0.2, 0.25) is 4.34 Å². The normalized spacial score (nSPS) is 11.6. The van der Waals surface area contributed by atoms with Crippen LogP contribution in [0.15, 0.2) is 60.9 Å². The van der Waals surface area contributed by atoms with Crippen molar-refractivity contribution in [3.8, 4) is 5.75 Å². The number of anilines is 2. The minimum absolute atomic E-state index is 0.0462.